The Labute approximate surface area is 106 Å². The second-order valence-electron chi connectivity index (χ2n) is 3.89. The van der Waals surface area contributed by atoms with Crippen LogP contribution in [0, 0.1) is 0 Å². The van der Waals surface area contributed by atoms with Crippen molar-refractivity contribution >= 4 is 15.8 Å². The topological polar surface area (TPSA) is 80.7 Å². The Morgan fingerprint density at radius 1 is 1.44 bits per heavy atom. The van der Waals surface area contributed by atoms with Gasteiger partial charge in [-0.3, -0.25) is 4.79 Å². The number of benzene rings is 1. The number of rotatable bonds is 6. The van der Waals surface area contributed by atoms with Crippen molar-refractivity contribution in [3.63, 3.8) is 0 Å². The highest BCUT2D eigenvalue weighted by atomic mass is 32.2. The number of methoxy groups -OCH3 is 1. The summed E-state index contributed by atoms with van der Waals surface area (Å²) >= 11 is 0. The molecule has 1 aromatic rings. The van der Waals surface area contributed by atoms with Crippen molar-refractivity contribution in [1.29, 1.82) is 0 Å². The van der Waals surface area contributed by atoms with Crippen LogP contribution in [0.3, 0.4) is 0 Å². The average molecular weight is 272 g/mol. The molecular formula is C12H16O5S. The molecule has 1 aromatic carbocycles. The maximum atomic E-state index is 12.0. The summed E-state index contributed by atoms with van der Waals surface area (Å²) in [5, 5.41) is 7.53. The van der Waals surface area contributed by atoms with Gasteiger partial charge in [0.25, 0.3) is 0 Å². The highest BCUT2D eigenvalue weighted by Crippen LogP contribution is 2.18. The van der Waals surface area contributed by atoms with E-state index in [0.717, 1.165) is 0 Å². The Kier molecular flexibility index (Phi) is 4.72. The van der Waals surface area contributed by atoms with Crippen molar-refractivity contribution < 1.29 is 23.1 Å². The molecule has 0 spiro atoms. The SMILES string of the molecule is CCC(C(=O)O)S(=O)(=O)Cc1cccc(OC)c1. The maximum Gasteiger partial charge on any atom is 0.321 e. The molecule has 1 rings (SSSR count). The van der Waals surface area contributed by atoms with Gasteiger partial charge >= 0.3 is 5.97 Å². The number of hydrogen-bond acceptors (Lipinski definition) is 4. The summed E-state index contributed by atoms with van der Waals surface area (Å²) in [4.78, 5) is 10.9. The first-order valence-corrected chi connectivity index (χ1v) is 7.19. The van der Waals surface area contributed by atoms with E-state index in [0.29, 0.717) is 11.3 Å². The Bertz CT molecular complexity index is 521. The Morgan fingerprint density at radius 2 is 2.11 bits per heavy atom. The van der Waals surface area contributed by atoms with Crippen LogP contribution in [0.4, 0.5) is 0 Å². The van der Waals surface area contributed by atoms with E-state index >= 15 is 0 Å². The molecule has 0 fully saturated rings. The van der Waals surface area contributed by atoms with Gasteiger partial charge in [0, 0.05) is 0 Å². The smallest absolute Gasteiger partial charge is 0.321 e. The van der Waals surface area contributed by atoms with Crippen LogP contribution in [-0.4, -0.2) is 31.9 Å². The number of ether oxygens (including phenoxy) is 1. The molecule has 0 aliphatic heterocycles. The number of aliphatic carboxylic acids is 1. The average Bonchev–Trinajstić information content (AvgIpc) is 2.28. The van der Waals surface area contributed by atoms with E-state index < -0.39 is 21.1 Å². The molecule has 18 heavy (non-hydrogen) atoms. The van der Waals surface area contributed by atoms with E-state index in [1.54, 1.807) is 31.2 Å². The van der Waals surface area contributed by atoms with Crippen LogP contribution in [0.2, 0.25) is 0 Å². The molecule has 0 saturated heterocycles. The van der Waals surface area contributed by atoms with Gasteiger partial charge in [0.1, 0.15) is 5.75 Å². The standard InChI is InChI=1S/C12H16O5S/c1-3-11(12(13)14)18(15,16)8-9-5-4-6-10(7-9)17-2/h4-7,11H,3,8H2,1-2H3,(H,13,14). The quantitative estimate of drug-likeness (QED) is 0.848. The summed E-state index contributed by atoms with van der Waals surface area (Å²) in [6, 6.07) is 6.59. The lowest BCUT2D eigenvalue weighted by atomic mass is 10.2. The summed E-state index contributed by atoms with van der Waals surface area (Å²) in [5.41, 5.74) is 0.522. The second-order valence-corrected chi connectivity index (χ2v) is 6.08. The van der Waals surface area contributed by atoms with E-state index in [1.165, 1.54) is 7.11 Å². The molecule has 0 radical (unpaired) electrons. The largest absolute Gasteiger partial charge is 0.497 e. The molecule has 0 amide bonds. The lowest BCUT2D eigenvalue weighted by Crippen LogP contribution is -2.30. The normalized spacial score (nSPS) is 13.0. The summed E-state index contributed by atoms with van der Waals surface area (Å²) < 4.78 is 28.9. The monoisotopic (exact) mass is 272 g/mol. The van der Waals surface area contributed by atoms with Crippen LogP contribution in [0.25, 0.3) is 0 Å². The highest BCUT2D eigenvalue weighted by molar-refractivity contribution is 7.92. The number of hydrogen-bond donors (Lipinski definition) is 1. The van der Waals surface area contributed by atoms with Crippen molar-refractivity contribution in [2.45, 2.75) is 24.3 Å². The van der Waals surface area contributed by atoms with E-state index in [4.69, 9.17) is 9.84 Å². The molecule has 1 unspecified atom stereocenters. The Balaban J connectivity index is 2.97. The van der Waals surface area contributed by atoms with Gasteiger partial charge in [-0.1, -0.05) is 19.1 Å². The van der Waals surface area contributed by atoms with Crippen LogP contribution >= 0.6 is 0 Å². The first-order valence-electron chi connectivity index (χ1n) is 5.48. The van der Waals surface area contributed by atoms with Gasteiger partial charge < -0.3 is 9.84 Å². The Morgan fingerprint density at radius 3 is 2.61 bits per heavy atom. The number of carbonyl (C=O) groups is 1. The molecule has 100 valence electrons. The van der Waals surface area contributed by atoms with Crippen molar-refractivity contribution in [2.75, 3.05) is 7.11 Å². The molecule has 0 saturated carbocycles. The lowest BCUT2D eigenvalue weighted by Gasteiger charge is -2.11. The van der Waals surface area contributed by atoms with Gasteiger partial charge in [-0.05, 0) is 24.1 Å². The first-order chi connectivity index (χ1) is 8.40. The molecule has 0 bridgehead atoms. The van der Waals surface area contributed by atoms with Gasteiger partial charge in [0.2, 0.25) is 0 Å². The van der Waals surface area contributed by atoms with Crippen LogP contribution in [0.15, 0.2) is 24.3 Å². The van der Waals surface area contributed by atoms with Gasteiger partial charge in [0.15, 0.2) is 15.1 Å². The van der Waals surface area contributed by atoms with Crippen molar-refractivity contribution in [1.82, 2.24) is 0 Å². The minimum Gasteiger partial charge on any atom is -0.497 e. The van der Waals surface area contributed by atoms with Crippen molar-refractivity contribution in [2.24, 2.45) is 0 Å². The molecule has 0 aromatic heterocycles. The molecule has 6 heteroatoms. The predicted octanol–water partition coefficient (Wildman–Crippen LogP) is 1.47. The maximum absolute atomic E-state index is 12.0. The predicted molar refractivity (Wildman–Crippen MR) is 67.3 cm³/mol. The van der Waals surface area contributed by atoms with Crippen LogP contribution in [0.1, 0.15) is 18.9 Å². The van der Waals surface area contributed by atoms with Gasteiger partial charge in [-0.2, -0.15) is 0 Å². The molecular weight excluding hydrogens is 256 g/mol. The minimum absolute atomic E-state index is 0.0572. The highest BCUT2D eigenvalue weighted by Gasteiger charge is 2.30. The summed E-state index contributed by atoms with van der Waals surface area (Å²) in [6.45, 7) is 1.54. The summed E-state index contributed by atoms with van der Waals surface area (Å²) in [6.07, 6.45) is 0.0572. The van der Waals surface area contributed by atoms with Gasteiger partial charge in [-0.15, -0.1) is 0 Å². The zero-order valence-electron chi connectivity index (χ0n) is 10.3. The molecule has 0 aliphatic rings. The van der Waals surface area contributed by atoms with E-state index in [2.05, 4.69) is 0 Å². The van der Waals surface area contributed by atoms with Gasteiger partial charge in [0.05, 0.1) is 12.9 Å². The summed E-state index contributed by atoms with van der Waals surface area (Å²) in [7, 11) is -2.22. The van der Waals surface area contributed by atoms with Crippen LogP contribution < -0.4 is 4.74 Å². The minimum atomic E-state index is -3.70. The zero-order valence-corrected chi connectivity index (χ0v) is 11.1. The third-order valence-electron chi connectivity index (χ3n) is 2.58. The third-order valence-corrected chi connectivity index (χ3v) is 4.72. The van der Waals surface area contributed by atoms with E-state index in [1.807, 2.05) is 0 Å². The zero-order chi connectivity index (χ0) is 13.8. The van der Waals surface area contributed by atoms with Crippen molar-refractivity contribution in [3.05, 3.63) is 29.8 Å². The fourth-order valence-corrected chi connectivity index (χ4v) is 3.34. The number of carboxylic acids is 1. The molecule has 0 heterocycles. The number of carboxylic acid groups (broad SMARTS) is 1. The van der Waals surface area contributed by atoms with Crippen molar-refractivity contribution in [3.8, 4) is 5.75 Å². The van der Waals surface area contributed by atoms with Gasteiger partial charge in [-0.25, -0.2) is 8.42 Å². The fourth-order valence-electron chi connectivity index (χ4n) is 1.68. The van der Waals surface area contributed by atoms with E-state index in [9.17, 15) is 13.2 Å². The first kappa shape index (κ1) is 14.5. The Hall–Kier alpha value is -1.56. The second kappa shape index (κ2) is 5.86. The molecule has 1 N–H and O–H groups in total. The fraction of sp³-hybridized carbons (Fsp3) is 0.417. The lowest BCUT2D eigenvalue weighted by molar-refractivity contribution is -0.136. The summed E-state index contributed by atoms with van der Waals surface area (Å²) in [5.74, 6) is -1.05. The molecule has 1 atom stereocenters. The molecule has 5 nitrogen and oxygen atoms in total. The number of sulfone groups is 1. The van der Waals surface area contributed by atoms with Crippen LogP contribution in [-0.2, 0) is 20.4 Å². The van der Waals surface area contributed by atoms with E-state index in [-0.39, 0.29) is 12.2 Å². The van der Waals surface area contributed by atoms with Crippen LogP contribution in [0.5, 0.6) is 5.75 Å². The molecule has 0 aliphatic carbocycles. The third kappa shape index (κ3) is 3.46.